The Morgan fingerprint density at radius 2 is 1.84 bits per heavy atom. The number of aromatic carboxylic acids is 1. The molecule has 25 heavy (non-hydrogen) atoms. The molecule has 1 aromatic rings. The molecule has 1 aromatic carbocycles. The lowest BCUT2D eigenvalue weighted by Gasteiger charge is -2.11. The van der Waals surface area contributed by atoms with E-state index < -0.39 is 5.97 Å². The minimum Gasteiger partial charge on any atom is -0.478 e. The lowest BCUT2D eigenvalue weighted by molar-refractivity contribution is 0.0693. The highest BCUT2D eigenvalue weighted by Gasteiger charge is 2.10. The number of benzene rings is 1. The molecule has 1 rings (SSSR count). The predicted octanol–water partition coefficient (Wildman–Crippen LogP) is 6.98. The summed E-state index contributed by atoms with van der Waals surface area (Å²) in [7, 11) is 0. The Bertz CT molecular complexity index is 598. The summed E-state index contributed by atoms with van der Waals surface area (Å²) in [6, 6.07) is 7.26. The first kappa shape index (κ1) is 21.6. The Balaban J connectivity index is 2.28. The molecule has 0 aromatic heterocycles. The minimum atomic E-state index is -0.843. The third-order valence-electron chi connectivity index (χ3n) is 4.23. The van der Waals surface area contributed by atoms with Crippen molar-refractivity contribution in [3.8, 4) is 0 Å². The molecular weight excluding hydrogens is 328 g/mol. The second-order valence-electron chi connectivity index (χ2n) is 6.99. The molecule has 0 saturated carbocycles. The summed E-state index contributed by atoms with van der Waals surface area (Å²) in [4.78, 5) is 12.1. The van der Waals surface area contributed by atoms with Crippen molar-refractivity contribution >= 4 is 17.7 Å². The van der Waals surface area contributed by atoms with Crippen molar-refractivity contribution in [1.29, 1.82) is 0 Å². The number of hydrogen-bond acceptors (Lipinski definition) is 2. The molecule has 0 aliphatic carbocycles. The van der Waals surface area contributed by atoms with Gasteiger partial charge in [-0.1, -0.05) is 42.4 Å². The average Bonchev–Trinajstić information content (AvgIpc) is 2.54. The van der Waals surface area contributed by atoms with E-state index in [1.54, 1.807) is 23.9 Å². The van der Waals surface area contributed by atoms with Crippen LogP contribution in [0.4, 0.5) is 0 Å². The van der Waals surface area contributed by atoms with E-state index in [2.05, 4.69) is 39.8 Å². The van der Waals surface area contributed by atoms with Crippen molar-refractivity contribution in [2.75, 3.05) is 5.75 Å². The van der Waals surface area contributed by atoms with E-state index in [-0.39, 0.29) is 0 Å². The number of thioether (sulfide) groups is 1. The van der Waals surface area contributed by atoms with Gasteiger partial charge in [-0.15, -0.1) is 11.8 Å². The van der Waals surface area contributed by atoms with E-state index in [9.17, 15) is 9.90 Å². The summed E-state index contributed by atoms with van der Waals surface area (Å²) in [6.07, 6.45) is 10.4. The van der Waals surface area contributed by atoms with Crippen LogP contribution in [0.2, 0.25) is 0 Å². The lowest BCUT2D eigenvalue weighted by atomic mass is 10.0. The Kier molecular flexibility index (Phi) is 10.3. The molecule has 0 spiro atoms. The van der Waals surface area contributed by atoms with Gasteiger partial charge in [-0.25, -0.2) is 4.79 Å². The van der Waals surface area contributed by atoms with Crippen molar-refractivity contribution in [1.82, 2.24) is 0 Å². The summed E-state index contributed by atoms with van der Waals surface area (Å²) < 4.78 is 0. The molecule has 2 nitrogen and oxygen atoms in total. The Hall–Kier alpha value is -1.48. The fraction of sp³-hybridized carbons (Fsp3) is 0.500. The summed E-state index contributed by atoms with van der Waals surface area (Å²) in [6.45, 7) is 8.80. The van der Waals surface area contributed by atoms with Gasteiger partial charge in [0, 0.05) is 4.90 Å². The first-order valence-electron chi connectivity index (χ1n) is 9.14. The zero-order chi connectivity index (χ0) is 18.7. The van der Waals surface area contributed by atoms with Gasteiger partial charge >= 0.3 is 5.97 Å². The average molecular weight is 361 g/mol. The van der Waals surface area contributed by atoms with E-state index in [0.29, 0.717) is 11.5 Å². The largest absolute Gasteiger partial charge is 0.478 e. The SMILES string of the molecule is CC(C)=CCC/C(C)=C/CCC(C)CCSc1ccccc1C(=O)O. The molecule has 0 heterocycles. The smallest absolute Gasteiger partial charge is 0.336 e. The van der Waals surface area contributed by atoms with Crippen LogP contribution in [0.15, 0.2) is 52.5 Å². The second-order valence-corrected chi connectivity index (χ2v) is 8.13. The standard InChI is InChI=1S/C22H32O2S/c1-17(2)9-7-10-18(3)11-8-12-19(4)15-16-25-21-14-6-5-13-20(21)22(23)24/h5-6,9,11,13-14,19H,7-8,10,12,15-16H2,1-4H3,(H,23,24)/b18-11+. The van der Waals surface area contributed by atoms with Crippen molar-refractivity contribution in [3.05, 3.63) is 53.1 Å². The van der Waals surface area contributed by atoms with Gasteiger partial charge < -0.3 is 5.11 Å². The Labute approximate surface area is 157 Å². The number of allylic oxidation sites excluding steroid dienone is 4. The van der Waals surface area contributed by atoms with Gasteiger partial charge in [0.1, 0.15) is 0 Å². The van der Waals surface area contributed by atoms with Crippen molar-refractivity contribution in [2.24, 2.45) is 5.92 Å². The van der Waals surface area contributed by atoms with E-state index in [0.717, 1.165) is 36.3 Å². The highest BCUT2D eigenvalue weighted by atomic mass is 32.2. The maximum atomic E-state index is 11.2. The highest BCUT2D eigenvalue weighted by molar-refractivity contribution is 7.99. The first-order chi connectivity index (χ1) is 11.9. The molecule has 0 saturated heterocycles. The molecule has 0 fully saturated rings. The Morgan fingerprint density at radius 3 is 2.52 bits per heavy atom. The van der Waals surface area contributed by atoms with E-state index in [1.165, 1.54) is 17.6 Å². The lowest BCUT2D eigenvalue weighted by Crippen LogP contribution is -2.00. The van der Waals surface area contributed by atoms with Gasteiger partial charge in [0.05, 0.1) is 5.56 Å². The van der Waals surface area contributed by atoms with E-state index >= 15 is 0 Å². The predicted molar refractivity (Wildman–Crippen MR) is 110 cm³/mol. The molecule has 1 unspecified atom stereocenters. The van der Waals surface area contributed by atoms with Crippen LogP contribution in [-0.4, -0.2) is 16.8 Å². The topological polar surface area (TPSA) is 37.3 Å². The normalized spacial score (nSPS) is 12.7. The molecular formula is C22H32O2S. The highest BCUT2D eigenvalue weighted by Crippen LogP contribution is 2.25. The van der Waals surface area contributed by atoms with E-state index in [4.69, 9.17) is 0 Å². The van der Waals surface area contributed by atoms with Crippen molar-refractivity contribution < 1.29 is 9.90 Å². The first-order valence-corrected chi connectivity index (χ1v) is 10.1. The molecule has 0 amide bonds. The van der Waals surface area contributed by atoms with Gasteiger partial charge in [0.25, 0.3) is 0 Å². The molecule has 3 heteroatoms. The van der Waals surface area contributed by atoms with Crippen LogP contribution in [0.3, 0.4) is 0 Å². The van der Waals surface area contributed by atoms with Crippen LogP contribution in [0.1, 0.15) is 70.2 Å². The maximum Gasteiger partial charge on any atom is 0.336 e. The van der Waals surface area contributed by atoms with Gasteiger partial charge in [0.2, 0.25) is 0 Å². The molecule has 0 aliphatic heterocycles. The fourth-order valence-electron chi connectivity index (χ4n) is 2.59. The van der Waals surface area contributed by atoms with Gasteiger partial charge in [-0.3, -0.25) is 0 Å². The van der Waals surface area contributed by atoms with Gasteiger partial charge in [0.15, 0.2) is 0 Å². The molecule has 0 radical (unpaired) electrons. The summed E-state index contributed by atoms with van der Waals surface area (Å²) in [5.74, 6) is 0.783. The van der Waals surface area contributed by atoms with Gasteiger partial charge in [-0.05, 0) is 76.7 Å². The number of rotatable bonds is 11. The molecule has 138 valence electrons. The minimum absolute atomic E-state index is 0.412. The molecule has 0 aliphatic rings. The summed E-state index contributed by atoms with van der Waals surface area (Å²) in [5.41, 5.74) is 3.29. The van der Waals surface area contributed by atoms with Crippen LogP contribution in [-0.2, 0) is 0 Å². The van der Waals surface area contributed by atoms with Crippen molar-refractivity contribution in [3.63, 3.8) is 0 Å². The Morgan fingerprint density at radius 1 is 1.12 bits per heavy atom. The van der Waals surface area contributed by atoms with Crippen LogP contribution >= 0.6 is 11.8 Å². The third-order valence-corrected chi connectivity index (χ3v) is 5.34. The maximum absolute atomic E-state index is 11.2. The zero-order valence-electron chi connectivity index (χ0n) is 16.0. The summed E-state index contributed by atoms with van der Waals surface area (Å²) >= 11 is 1.65. The summed E-state index contributed by atoms with van der Waals surface area (Å²) in [5, 5.41) is 9.21. The third kappa shape index (κ3) is 9.54. The number of carboxylic acid groups (broad SMARTS) is 1. The molecule has 0 bridgehead atoms. The number of carbonyl (C=O) groups is 1. The van der Waals surface area contributed by atoms with Crippen LogP contribution in [0.25, 0.3) is 0 Å². The number of carboxylic acids is 1. The quantitative estimate of drug-likeness (QED) is 0.342. The molecule has 1 atom stereocenters. The van der Waals surface area contributed by atoms with E-state index in [1.807, 2.05) is 12.1 Å². The van der Waals surface area contributed by atoms with Crippen LogP contribution in [0.5, 0.6) is 0 Å². The fourth-order valence-corrected chi connectivity index (χ4v) is 3.81. The number of hydrogen-bond donors (Lipinski definition) is 1. The van der Waals surface area contributed by atoms with Crippen LogP contribution in [0, 0.1) is 5.92 Å². The second kappa shape index (κ2) is 12.0. The zero-order valence-corrected chi connectivity index (χ0v) is 16.9. The monoisotopic (exact) mass is 360 g/mol. The van der Waals surface area contributed by atoms with Crippen molar-refractivity contribution in [2.45, 2.75) is 64.7 Å². The van der Waals surface area contributed by atoms with Gasteiger partial charge in [-0.2, -0.15) is 0 Å². The van der Waals surface area contributed by atoms with Crippen LogP contribution < -0.4 is 0 Å². The molecule has 1 N–H and O–H groups in total.